The summed E-state index contributed by atoms with van der Waals surface area (Å²) in [6.45, 7) is 1.90. The van der Waals surface area contributed by atoms with E-state index in [0.29, 0.717) is 55.7 Å². The van der Waals surface area contributed by atoms with Crippen molar-refractivity contribution in [2.24, 2.45) is 0 Å². The first-order chi connectivity index (χ1) is 15.6. The first-order valence-electron chi connectivity index (χ1n) is 10.6. The molecule has 2 aromatic heterocycles. The zero-order valence-corrected chi connectivity index (χ0v) is 18.3. The minimum absolute atomic E-state index is 0.105. The molecule has 0 unspecified atom stereocenters. The number of amides is 1. The van der Waals surface area contributed by atoms with Crippen molar-refractivity contribution in [3.63, 3.8) is 0 Å². The third-order valence-electron chi connectivity index (χ3n) is 5.40. The van der Waals surface area contributed by atoms with Crippen molar-refractivity contribution in [2.45, 2.75) is 38.4 Å². The first kappa shape index (κ1) is 21.8. The monoisotopic (exact) mass is 437 g/mol. The average Bonchev–Trinajstić information content (AvgIpc) is 3.42. The van der Waals surface area contributed by atoms with E-state index in [1.54, 1.807) is 26.6 Å². The van der Waals surface area contributed by atoms with Gasteiger partial charge >= 0.3 is 0 Å². The summed E-state index contributed by atoms with van der Waals surface area (Å²) in [7, 11) is 3.22. The summed E-state index contributed by atoms with van der Waals surface area (Å²) in [6.07, 6.45) is 5.48. The maximum absolute atomic E-state index is 11.6. The highest BCUT2D eigenvalue weighted by Gasteiger charge is 2.24. The van der Waals surface area contributed by atoms with Gasteiger partial charge in [-0.25, -0.2) is 0 Å². The van der Waals surface area contributed by atoms with Crippen LogP contribution < -0.4 is 14.8 Å². The third-order valence-corrected chi connectivity index (χ3v) is 5.40. The molecule has 0 spiro atoms. The van der Waals surface area contributed by atoms with E-state index >= 15 is 0 Å². The summed E-state index contributed by atoms with van der Waals surface area (Å²) >= 11 is 0. The number of pyridine rings is 1. The minimum atomic E-state index is 0.105. The summed E-state index contributed by atoms with van der Waals surface area (Å²) in [4.78, 5) is 22.5. The lowest BCUT2D eigenvalue weighted by molar-refractivity contribution is -0.119. The van der Waals surface area contributed by atoms with Gasteiger partial charge in [-0.1, -0.05) is 11.2 Å². The van der Waals surface area contributed by atoms with Crippen LogP contribution in [-0.4, -0.2) is 52.7 Å². The largest absolute Gasteiger partial charge is 0.493 e. The number of benzene rings is 1. The van der Waals surface area contributed by atoms with Crippen molar-refractivity contribution in [2.75, 3.05) is 20.8 Å². The lowest BCUT2D eigenvalue weighted by Gasteiger charge is -2.24. The van der Waals surface area contributed by atoms with Gasteiger partial charge in [0, 0.05) is 44.4 Å². The Bertz CT molecular complexity index is 1040. The molecule has 1 fully saturated rings. The highest BCUT2D eigenvalue weighted by molar-refractivity contribution is 5.78. The van der Waals surface area contributed by atoms with E-state index in [4.69, 9.17) is 14.0 Å². The van der Waals surface area contributed by atoms with Gasteiger partial charge in [0.25, 0.3) is 0 Å². The zero-order valence-electron chi connectivity index (χ0n) is 18.3. The second-order valence-corrected chi connectivity index (χ2v) is 7.80. The Labute approximate surface area is 186 Å². The Morgan fingerprint density at radius 1 is 1.09 bits per heavy atom. The number of nitrogens with zero attached hydrogens (tertiary/aromatic N) is 4. The first-order valence-corrected chi connectivity index (χ1v) is 10.6. The van der Waals surface area contributed by atoms with Crippen LogP contribution in [0.3, 0.4) is 0 Å². The smallest absolute Gasteiger partial charge is 0.240 e. The van der Waals surface area contributed by atoms with Gasteiger partial charge in [0.2, 0.25) is 11.8 Å². The third kappa shape index (κ3) is 5.61. The molecule has 9 heteroatoms. The number of nitrogens with one attached hydrogen (secondary N) is 1. The summed E-state index contributed by atoms with van der Waals surface area (Å²) < 4.78 is 16.2. The van der Waals surface area contributed by atoms with Crippen LogP contribution in [0.2, 0.25) is 0 Å². The molecule has 1 aliphatic heterocycles. The average molecular weight is 438 g/mol. The maximum Gasteiger partial charge on any atom is 0.240 e. The normalized spacial score (nSPS) is 15.7. The Balaban J connectivity index is 1.44. The molecule has 1 amide bonds. The number of carbonyl (C=O) groups excluding carboxylic acids is 1. The lowest BCUT2D eigenvalue weighted by Crippen LogP contribution is -2.38. The van der Waals surface area contributed by atoms with Gasteiger partial charge in [0.15, 0.2) is 17.3 Å². The Kier molecular flexibility index (Phi) is 6.96. The Morgan fingerprint density at radius 2 is 1.91 bits per heavy atom. The molecular weight excluding hydrogens is 410 g/mol. The number of carbonyl (C=O) groups is 1. The Morgan fingerprint density at radius 3 is 2.62 bits per heavy atom. The summed E-state index contributed by atoms with van der Waals surface area (Å²) in [5, 5.41) is 7.18. The number of rotatable bonds is 10. The second-order valence-electron chi connectivity index (χ2n) is 7.80. The van der Waals surface area contributed by atoms with Crippen molar-refractivity contribution < 1.29 is 18.8 Å². The molecule has 9 nitrogen and oxygen atoms in total. The van der Waals surface area contributed by atoms with Crippen LogP contribution in [-0.2, 0) is 24.3 Å². The predicted octanol–water partition coefficient (Wildman–Crippen LogP) is 2.35. The van der Waals surface area contributed by atoms with Gasteiger partial charge in [-0.3, -0.25) is 14.7 Å². The standard InChI is InChI=1S/C23H27N5O4/c1-30-19-5-3-17(11-20(19)31-2)12-21-26-23(32-27-21)15-28(13-16-7-9-24-10-8-16)14-18-4-6-22(29)25-18/h3,5,7-11,18H,4,6,12-15H2,1-2H3,(H,25,29)/t18-/m0/s1. The predicted molar refractivity (Wildman–Crippen MR) is 116 cm³/mol. The topological polar surface area (TPSA) is 103 Å². The quantitative estimate of drug-likeness (QED) is 0.516. The molecule has 0 bridgehead atoms. The van der Waals surface area contributed by atoms with Crippen LogP contribution in [0.4, 0.5) is 0 Å². The molecule has 0 aliphatic carbocycles. The number of hydrogen-bond acceptors (Lipinski definition) is 8. The van der Waals surface area contributed by atoms with Crippen molar-refractivity contribution in [1.82, 2.24) is 25.3 Å². The molecule has 4 rings (SSSR count). The molecule has 168 valence electrons. The van der Waals surface area contributed by atoms with Crippen LogP contribution >= 0.6 is 0 Å². The van der Waals surface area contributed by atoms with E-state index in [2.05, 4.69) is 25.3 Å². The van der Waals surface area contributed by atoms with E-state index < -0.39 is 0 Å². The molecule has 1 aliphatic rings. The van der Waals surface area contributed by atoms with E-state index in [1.165, 1.54) is 0 Å². The van der Waals surface area contributed by atoms with Crippen molar-refractivity contribution in [3.05, 3.63) is 65.6 Å². The van der Waals surface area contributed by atoms with Gasteiger partial charge in [0.05, 0.1) is 20.8 Å². The fraction of sp³-hybridized carbons (Fsp3) is 0.391. The molecule has 1 N–H and O–H groups in total. The number of ether oxygens (including phenoxy) is 2. The lowest BCUT2D eigenvalue weighted by atomic mass is 10.1. The summed E-state index contributed by atoms with van der Waals surface area (Å²) in [6, 6.07) is 9.82. The second kappa shape index (κ2) is 10.2. The van der Waals surface area contributed by atoms with E-state index in [9.17, 15) is 4.79 Å². The molecule has 1 saturated heterocycles. The molecule has 32 heavy (non-hydrogen) atoms. The SMILES string of the molecule is COc1ccc(Cc2noc(CN(Cc3ccncc3)C[C@@H]3CCC(=O)N3)n2)cc1OC. The number of hydrogen-bond donors (Lipinski definition) is 1. The van der Waals surface area contributed by atoms with Gasteiger partial charge < -0.3 is 19.3 Å². The van der Waals surface area contributed by atoms with Crippen LogP contribution in [0.1, 0.15) is 35.7 Å². The highest BCUT2D eigenvalue weighted by atomic mass is 16.5. The van der Waals surface area contributed by atoms with Gasteiger partial charge in [-0.2, -0.15) is 4.98 Å². The van der Waals surface area contributed by atoms with Crippen LogP contribution in [0.15, 0.2) is 47.2 Å². The van der Waals surface area contributed by atoms with Crippen LogP contribution in [0, 0.1) is 0 Å². The zero-order chi connectivity index (χ0) is 22.3. The maximum atomic E-state index is 11.6. The van der Waals surface area contributed by atoms with E-state index in [-0.39, 0.29) is 11.9 Å². The summed E-state index contributed by atoms with van der Waals surface area (Å²) in [5.41, 5.74) is 2.13. The van der Waals surface area contributed by atoms with Gasteiger partial charge in [-0.15, -0.1) is 0 Å². The fourth-order valence-electron chi connectivity index (χ4n) is 3.85. The number of aromatic nitrogens is 3. The summed E-state index contributed by atoms with van der Waals surface area (Å²) in [5.74, 6) is 2.59. The van der Waals surface area contributed by atoms with Crippen molar-refractivity contribution in [3.8, 4) is 11.5 Å². The van der Waals surface area contributed by atoms with E-state index in [0.717, 1.165) is 17.5 Å². The fourth-order valence-corrected chi connectivity index (χ4v) is 3.85. The molecule has 3 heterocycles. The van der Waals surface area contributed by atoms with Crippen LogP contribution in [0.5, 0.6) is 11.5 Å². The molecule has 0 saturated carbocycles. The molecule has 1 aromatic carbocycles. The molecule has 1 atom stereocenters. The van der Waals surface area contributed by atoms with Crippen molar-refractivity contribution in [1.29, 1.82) is 0 Å². The van der Waals surface area contributed by atoms with Crippen LogP contribution in [0.25, 0.3) is 0 Å². The van der Waals surface area contributed by atoms with Gasteiger partial charge in [-0.05, 0) is 41.8 Å². The molecule has 0 radical (unpaired) electrons. The van der Waals surface area contributed by atoms with Crippen molar-refractivity contribution >= 4 is 5.91 Å². The van der Waals surface area contributed by atoms with Gasteiger partial charge in [0.1, 0.15) is 0 Å². The Hall–Kier alpha value is -3.46. The molecule has 3 aromatic rings. The van der Waals surface area contributed by atoms with E-state index in [1.807, 2.05) is 30.3 Å². The number of methoxy groups -OCH3 is 2. The molecular formula is C23H27N5O4. The minimum Gasteiger partial charge on any atom is -0.493 e. The highest BCUT2D eigenvalue weighted by Crippen LogP contribution is 2.28.